The Bertz CT molecular complexity index is 460. The number of hydrogen-bond donors (Lipinski definition) is 1. The predicted octanol–water partition coefficient (Wildman–Crippen LogP) is 1.69. The van der Waals surface area contributed by atoms with Crippen LogP contribution in [0.4, 0.5) is 0 Å². The Labute approximate surface area is 125 Å². The molecule has 1 aliphatic heterocycles. The van der Waals surface area contributed by atoms with Gasteiger partial charge in [-0.2, -0.15) is 0 Å². The molecule has 0 bridgehead atoms. The van der Waals surface area contributed by atoms with Crippen LogP contribution in [-0.4, -0.2) is 60.6 Å². The van der Waals surface area contributed by atoms with Crippen molar-refractivity contribution in [3.63, 3.8) is 0 Å². The quantitative estimate of drug-likeness (QED) is 0.899. The second-order valence-electron chi connectivity index (χ2n) is 5.71. The fraction of sp³-hybridized carbons (Fsp3) is 0.667. The van der Waals surface area contributed by atoms with Gasteiger partial charge in [-0.15, -0.1) is 11.3 Å². The Morgan fingerprint density at radius 1 is 1.50 bits per heavy atom. The lowest BCUT2D eigenvalue weighted by atomic mass is 9.96. The van der Waals surface area contributed by atoms with Gasteiger partial charge in [-0.25, -0.2) is 0 Å². The predicted molar refractivity (Wildman–Crippen MR) is 82.2 cm³/mol. The number of carbonyl (C=O) groups excluding carboxylic acids is 1. The van der Waals surface area contributed by atoms with Gasteiger partial charge in [-0.3, -0.25) is 4.79 Å². The van der Waals surface area contributed by atoms with Gasteiger partial charge in [0.25, 0.3) is 5.91 Å². The first-order chi connectivity index (χ1) is 9.55. The molecule has 0 unspecified atom stereocenters. The van der Waals surface area contributed by atoms with Crippen LogP contribution in [0.3, 0.4) is 0 Å². The topological polar surface area (TPSA) is 43.8 Å². The van der Waals surface area contributed by atoms with Crippen molar-refractivity contribution in [3.8, 4) is 0 Å². The lowest BCUT2D eigenvalue weighted by Gasteiger charge is -2.22. The summed E-state index contributed by atoms with van der Waals surface area (Å²) >= 11 is 1.61. The van der Waals surface area contributed by atoms with Crippen LogP contribution < -0.4 is 0 Å². The number of nitrogens with zero attached hydrogens (tertiary/aromatic N) is 2. The van der Waals surface area contributed by atoms with Crippen molar-refractivity contribution in [1.82, 2.24) is 9.80 Å². The number of hydrogen-bond acceptors (Lipinski definition) is 4. The summed E-state index contributed by atoms with van der Waals surface area (Å²) in [4.78, 5) is 17.8. The van der Waals surface area contributed by atoms with Crippen LogP contribution in [0.25, 0.3) is 0 Å². The molecule has 2 atom stereocenters. The number of aryl methyl sites for hydroxylation is 1. The zero-order chi connectivity index (χ0) is 14.7. The molecule has 20 heavy (non-hydrogen) atoms. The van der Waals surface area contributed by atoms with Crippen molar-refractivity contribution in [1.29, 1.82) is 0 Å². The van der Waals surface area contributed by atoms with Crippen molar-refractivity contribution in [3.05, 3.63) is 21.9 Å². The van der Waals surface area contributed by atoms with Crippen molar-refractivity contribution >= 4 is 17.2 Å². The van der Waals surface area contributed by atoms with E-state index in [4.69, 9.17) is 0 Å². The first kappa shape index (κ1) is 15.5. The van der Waals surface area contributed by atoms with Gasteiger partial charge in [0.2, 0.25) is 0 Å². The Kier molecular flexibility index (Phi) is 5.18. The van der Waals surface area contributed by atoms with E-state index in [-0.39, 0.29) is 18.4 Å². The fourth-order valence-electron chi connectivity index (χ4n) is 2.79. The van der Waals surface area contributed by atoms with Gasteiger partial charge in [0.1, 0.15) is 0 Å². The lowest BCUT2D eigenvalue weighted by Crippen LogP contribution is -2.32. The summed E-state index contributed by atoms with van der Waals surface area (Å²) in [5, 5.41) is 11.5. The first-order valence-electron chi connectivity index (χ1n) is 7.19. The van der Waals surface area contributed by atoms with Crippen molar-refractivity contribution < 1.29 is 9.90 Å². The zero-order valence-electron chi connectivity index (χ0n) is 12.5. The molecule has 1 N–H and O–H groups in total. The Balaban J connectivity index is 2.02. The van der Waals surface area contributed by atoms with Gasteiger partial charge in [0, 0.05) is 42.4 Å². The summed E-state index contributed by atoms with van der Waals surface area (Å²) < 4.78 is 0. The van der Waals surface area contributed by atoms with Crippen LogP contribution in [0, 0.1) is 18.8 Å². The van der Waals surface area contributed by atoms with Gasteiger partial charge >= 0.3 is 0 Å². The summed E-state index contributed by atoms with van der Waals surface area (Å²) in [7, 11) is 2.08. The van der Waals surface area contributed by atoms with Crippen molar-refractivity contribution in [2.45, 2.75) is 13.8 Å². The molecule has 5 heteroatoms. The van der Waals surface area contributed by atoms with Gasteiger partial charge in [0.05, 0.1) is 5.56 Å². The highest BCUT2D eigenvalue weighted by atomic mass is 32.1. The minimum Gasteiger partial charge on any atom is -0.396 e. The molecular weight excluding hydrogens is 272 g/mol. The summed E-state index contributed by atoms with van der Waals surface area (Å²) in [6, 6.07) is 1.95. The second kappa shape index (κ2) is 6.70. The van der Waals surface area contributed by atoms with E-state index in [1.54, 1.807) is 11.3 Å². The van der Waals surface area contributed by atoms with Crippen molar-refractivity contribution in [2.24, 2.45) is 11.8 Å². The second-order valence-corrected chi connectivity index (χ2v) is 6.83. The van der Waals surface area contributed by atoms with Gasteiger partial charge in [-0.1, -0.05) is 6.92 Å². The number of likely N-dealkylation sites (tertiary alicyclic amines) is 1. The molecule has 2 rings (SSSR count). The largest absolute Gasteiger partial charge is 0.396 e. The highest BCUT2D eigenvalue weighted by Gasteiger charge is 2.35. The molecule has 1 saturated heterocycles. The van der Waals surface area contributed by atoms with E-state index >= 15 is 0 Å². The summed E-state index contributed by atoms with van der Waals surface area (Å²) in [6.45, 7) is 7.66. The van der Waals surface area contributed by atoms with E-state index in [1.165, 1.54) is 0 Å². The fourth-order valence-corrected chi connectivity index (χ4v) is 3.46. The Morgan fingerprint density at radius 2 is 2.20 bits per heavy atom. The maximum Gasteiger partial charge on any atom is 0.254 e. The molecule has 2 heterocycles. The van der Waals surface area contributed by atoms with Crippen LogP contribution in [0.2, 0.25) is 0 Å². The molecule has 1 aromatic rings. The zero-order valence-corrected chi connectivity index (χ0v) is 13.3. The molecule has 112 valence electrons. The third-order valence-corrected chi connectivity index (χ3v) is 5.02. The highest BCUT2D eigenvalue weighted by molar-refractivity contribution is 7.10. The Morgan fingerprint density at radius 3 is 2.75 bits per heavy atom. The number of carbonyl (C=O) groups is 1. The average Bonchev–Trinajstić information content (AvgIpc) is 3.04. The van der Waals surface area contributed by atoms with E-state index in [9.17, 15) is 9.90 Å². The molecule has 0 aromatic carbocycles. The molecule has 1 aromatic heterocycles. The molecule has 1 fully saturated rings. The summed E-state index contributed by atoms with van der Waals surface area (Å²) in [5.74, 6) is 0.677. The van der Waals surface area contributed by atoms with E-state index in [2.05, 4.69) is 18.9 Å². The molecule has 0 saturated carbocycles. The SMILES string of the molecule is CCN(C)C[C@@H]1CN(C(=O)c2csc(C)c2)C[C@@H]1CO. The van der Waals surface area contributed by atoms with E-state index in [0.29, 0.717) is 12.5 Å². The third-order valence-electron chi connectivity index (χ3n) is 4.16. The normalized spacial score (nSPS) is 22.8. The van der Waals surface area contributed by atoms with Crippen LogP contribution in [0.15, 0.2) is 11.4 Å². The number of amides is 1. The monoisotopic (exact) mass is 296 g/mol. The molecule has 4 nitrogen and oxygen atoms in total. The van der Waals surface area contributed by atoms with Gasteiger partial charge in [0.15, 0.2) is 0 Å². The van der Waals surface area contributed by atoms with Gasteiger partial charge in [-0.05, 0) is 32.5 Å². The number of rotatable bonds is 5. The number of thiophene rings is 1. The molecule has 0 spiro atoms. The smallest absolute Gasteiger partial charge is 0.254 e. The average molecular weight is 296 g/mol. The molecule has 1 aliphatic rings. The Hall–Kier alpha value is -0.910. The number of aliphatic hydroxyl groups excluding tert-OH is 1. The van der Waals surface area contributed by atoms with E-state index in [1.807, 2.05) is 23.3 Å². The van der Waals surface area contributed by atoms with Crippen LogP contribution in [0.5, 0.6) is 0 Å². The third kappa shape index (κ3) is 3.40. The van der Waals surface area contributed by atoms with Gasteiger partial charge < -0.3 is 14.9 Å². The first-order valence-corrected chi connectivity index (χ1v) is 8.07. The van der Waals surface area contributed by atoms with Crippen LogP contribution >= 0.6 is 11.3 Å². The molecule has 0 aliphatic carbocycles. The number of aliphatic hydroxyl groups is 1. The van der Waals surface area contributed by atoms with Crippen molar-refractivity contribution in [2.75, 3.05) is 39.8 Å². The maximum atomic E-state index is 12.5. The van der Waals surface area contributed by atoms with Crippen LogP contribution in [0.1, 0.15) is 22.2 Å². The summed E-state index contributed by atoms with van der Waals surface area (Å²) in [5.41, 5.74) is 0.786. The molecule has 1 amide bonds. The van der Waals surface area contributed by atoms with E-state index in [0.717, 1.165) is 30.1 Å². The minimum atomic E-state index is 0.106. The molecular formula is C15H24N2O2S. The molecule has 0 radical (unpaired) electrons. The lowest BCUT2D eigenvalue weighted by molar-refractivity contribution is 0.0780. The standard InChI is InChI=1S/C15H24N2O2S/c1-4-16(3)6-13-7-17(8-14(13)9-18)15(19)12-5-11(2)20-10-12/h5,10,13-14,18H,4,6-9H2,1-3H3/t13-,14-/m1/s1. The van der Waals surface area contributed by atoms with E-state index < -0.39 is 0 Å². The highest BCUT2D eigenvalue weighted by Crippen LogP contribution is 2.26. The summed E-state index contributed by atoms with van der Waals surface area (Å²) in [6.07, 6.45) is 0. The van der Waals surface area contributed by atoms with Crippen LogP contribution in [-0.2, 0) is 0 Å². The maximum absolute atomic E-state index is 12.5. The minimum absolute atomic E-state index is 0.106.